The number of sulfonamides is 1. The van der Waals surface area contributed by atoms with Crippen molar-refractivity contribution in [1.82, 2.24) is 14.5 Å². The molecule has 1 aromatic heterocycles. The van der Waals surface area contributed by atoms with E-state index in [1.807, 2.05) is 24.3 Å². The highest BCUT2D eigenvalue weighted by atomic mass is 32.2. The van der Waals surface area contributed by atoms with E-state index in [4.69, 9.17) is 9.47 Å². The van der Waals surface area contributed by atoms with Crippen LogP contribution < -0.4 is 10.1 Å². The molecule has 1 fully saturated rings. The number of amides is 1. The van der Waals surface area contributed by atoms with Crippen molar-refractivity contribution in [2.75, 3.05) is 38.7 Å². The van der Waals surface area contributed by atoms with Crippen molar-refractivity contribution in [3.63, 3.8) is 0 Å². The third kappa shape index (κ3) is 4.74. The minimum atomic E-state index is -3.69. The second kappa shape index (κ2) is 9.10. The zero-order valence-electron chi connectivity index (χ0n) is 16.6. The maximum absolute atomic E-state index is 12.8. The second-order valence-electron chi connectivity index (χ2n) is 6.64. The molecule has 0 bridgehead atoms. The highest BCUT2D eigenvalue weighted by molar-refractivity contribution is 7.89. The van der Waals surface area contributed by atoms with E-state index in [2.05, 4.69) is 15.5 Å². The van der Waals surface area contributed by atoms with Crippen LogP contribution in [0.3, 0.4) is 0 Å². The lowest BCUT2D eigenvalue weighted by molar-refractivity contribution is 0.0730. The minimum Gasteiger partial charge on any atom is -0.497 e. The topological polar surface area (TPSA) is 111 Å². The quantitative estimate of drug-likeness (QED) is 0.602. The molecule has 1 amide bonds. The van der Waals surface area contributed by atoms with Crippen LogP contribution in [0.5, 0.6) is 5.75 Å². The summed E-state index contributed by atoms with van der Waals surface area (Å²) in [6.07, 6.45) is 0. The summed E-state index contributed by atoms with van der Waals surface area (Å²) in [6, 6.07) is 13.3. The van der Waals surface area contributed by atoms with Gasteiger partial charge in [-0.1, -0.05) is 17.4 Å². The van der Waals surface area contributed by atoms with Crippen molar-refractivity contribution in [2.45, 2.75) is 4.90 Å². The lowest BCUT2D eigenvalue weighted by Crippen LogP contribution is -2.40. The molecule has 9 nitrogen and oxygen atoms in total. The molecule has 0 saturated carbocycles. The van der Waals surface area contributed by atoms with Gasteiger partial charge in [-0.25, -0.2) is 8.42 Å². The summed E-state index contributed by atoms with van der Waals surface area (Å²) in [5, 5.41) is 11.8. The first-order valence-corrected chi connectivity index (χ1v) is 11.7. The Kier molecular flexibility index (Phi) is 6.28. The molecule has 0 aliphatic carbocycles. The van der Waals surface area contributed by atoms with Crippen LogP contribution in [0.25, 0.3) is 10.6 Å². The van der Waals surface area contributed by atoms with Gasteiger partial charge in [0.2, 0.25) is 15.2 Å². The molecule has 2 heterocycles. The van der Waals surface area contributed by atoms with E-state index in [0.29, 0.717) is 23.4 Å². The fourth-order valence-corrected chi connectivity index (χ4v) is 5.23. The minimum absolute atomic E-state index is 0.0678. The molecule has 2 aromatic carbocycles. The number of benzene rings is 2. The molecular weight excluding hydrogens is 440 g/mol. The number of methoxy groups -OCH3 is 1. The number of morpholine rings is 1. The first kappa shape index (κ1) is 21.4. The van der Waals surface area contributed by atoms with Crippen LogP contribution in [0.2, 0.25) is 0 Å². The molecule has 1 aliphatic rings. The first-order valence-electron chi connectivity index (χ1n) is 9.44. The van der Waals surface area contributed by atoms with Crippen molar-refractivity contribution in [1.29, 1.82) is 0 Å². The van der Waals surface area contributed by atoms with Gasteiger partial charge in [0, 0.05) is 24.2 Å². The number of hydrogen-bond acceptors (Lipinski definition) is 8. The van der Waals surface area contributed by atoms with Crippen molar-refractivity contribution in [2.24, 2.45) is 0 Å². The van der Waals surface area contributed by atoms with E-state index in [9.17, 15) is 13.2 Å². The Morgan fingerprint density at radius 1 is 1.13 bits per heavy atom. The Morgan fingerprint density at radius 3 is 2.58 bits per heavy atom. The average molecular weight is 461 g/mol. The average Bonchev–Trinajstić information content (AvgIpc) is 3.28. The van der Waals surface area contributed by atoms with E-state index in [0.717, 1.165) is 11.3 Å². The van der Waals surface area contributed by atoms with E-state index in [1.165, 1.54) is 27.8 Å². The predicted molar refractivity (Wildman–Crippen MR) is 116 cm³/mol. The molecule has 162 valence electrons. The lowest BCUT2D eigenvalue weighted by Gasteiger charge is -2.26. The fourth-order valence-electron chi connectivity index (χ4n) is 3.03. The van der Waals surface area contributed by atoms with Gasteiger partial charge in [-0.3, -0.25) is 10.1 Å². The Balaban J connectivity index is 1.49. The molecule has 3 aromatic rings. The van der Waals surface area contributed by atoms with Gasteiger partial charge in [-0.2, -0.15) is 4.31 Å². The Labute approximate surface area is 183 Å². The number of anilines is 1. The van der Waals surface area contributed by atoms with Crippen LogP contribution >= 0.6 is 11.3 Å². The highest BCUT2D eigenvalue weighted by Crippen LogP contribution is 2.28. The Hall–Kier alpha value is -2.86. The lowest BCUT2D eigenvalue weighted by atomic mass is 10.2. The number of hydrogen-bond donors (Lipinski definition) is 1. The molecule has 31 heavy (non-hydrogen) atoms. The van der Waals surface area contributed by atoms with Crippen LogP contribution in [0, 0.1) is 0 Å². The summed E-state index contributed by atoms with van der Waals surface area (Å²) >= 11 is 1.22. The van der Waals surface area contributed by atoms with Gasteiger partial charge in [0.25, 0.3) is 5.91 Å². The summed E-state index contributed by atoms with van der Waals surface area (Å²) in [5.41, 5.74) is 1.06. The molecule has 11 heteroatoms. The number of carbonyl (C=O) groups excluding carboxylic acids is 1. The van der Waals surface area contributed by atoms with E-state index in [1.54, 1.807) is 19.2 Å². The van der Waals surface area contributed by atoms with Crippen LogP contribution in [-0.2, 0) is 14.8 Å². The molecular formula is C20H20N4O5S2. The molecule has 0 atom stereocenters. The van der Waals surface area contributed by atoms with Gasteiger partial charge in [0.05, 0.1) is 25.2 Å². The van der Waals surface area contributed by atoms with Crippen LogP contribution in [0.15, 0.2) is 53.4 Å². The number of aromatic nitrogens is 2. The molecule has 1 aliphatic heterocycles. The van der Waals surface area contributed by atoms with E-state index >= 15 is 0 Å². The first-order chi connectivity index (χ1) is 15.0. The molecule has 4 rings (SSSR count). The van der Waals surface area contributed by atoms with Crippen molar-refractivity contribution < 1.29 is 22.7 Å². The van der Waals surface area contributed by atoms with Crippen LogP contribution in [-0.4, -0.2) is 62.2 Å². The largest absolute Gasteiger partial charge is 0.497 e. The summed E-state index contributed by atoms with van der Waals surface area (Å²) < 4.78 is 37.4. The predicted octanol–water partition coefficient (Wildman–Crippen LogP) is 2.49. The Morgan fingerprint density at radius 2 is 1.87 bits per heavy atom. The van der Waals surface area contributed by atoms with Crippen molar-refractivity contribution in [3.8, 4) is 16.3 Å². The molecule has 0 radical (unpaired) electrons. The third-order valence-electron chi connectivity index (χ3n) is 4.69. The standard InChI is InChI=1S/C20H20N4O5S2/c1-28-16-7-5-14(6-8-16)19-22-23-20(30-19)21-18(25)15-3-2-4-17(13-15)31(26,27)24-9-11-29-12-10-24/h2-8,13H,9-12H2,1H3,(H,21,23,25). The van der Waals surface area contributed by atoms with Crippen molar-refractivity contribution in [3.05, 3.63) is 54.1 Å². The monoisotopic (exact) mass is 460 g/mol. The normalized spacial score (nSPS) is 14.9. The van der Waals surface area contributed by atoms with Crippen molar-refractivity contribution >= 4 is 32.4 Å². The Bertz CT molecular complexity index is 1170. The summed E-state index contributed by atoms with van der Waals surface area (Å²) in [5.74, 6) is 0.269. The summed E-state index contributed by atoms with van der Waals surface area (Å²) in [6.45, 7) is 1.29. The summed E-state index contributed by atoms with van der Waals surface area (Å²) in [4.78, 5) is 12.7. The summed E-state index contributed by atoms with van der Waals surface area (Å²) in [7, 11) is -2.10. The third-order valence-corrected chi connectivity index (χ3v) is 7.47. The SMILES string of the molecule is COc1ccc(-c2nnc(NC(=O)c3cccc(S(=O)(=O)N4CCOCC4)c3)s2)cc1. The number of rotatable bonds is 6. The maximum atomic E-state index is 12.8. The molecule has 1 N–H and O–H groups in total. The number of nitrogens with zero attached hydrogens (tertiary/aromatic N) is 3. The molecule has 0 unspecified atom stereocenters. The van der Waals surface area contributed by atoms with E-state index in [-0.39, 0.29) is 23.5 Å². The van der Waals surface area contributed by atoms with Gasteiger partial charge >= 0.3 is 0 Å². The van der Waals surface area contributed by atoms with Crippen LogP contribution in [0.4, 0.5) is 5.13 Å². The van der Waals surface area contributed by atoms with Crippen LogP contribution in [0.1, 0.15) is 10.4 Å². The molecule has 1 saturated heterocycles. The van der Waals surface area contributed by atoms with Gasteiger partial charge in [0.1, 0.15) is 10.8 Å². The number of ether oxygens (including phenoxy) is 2. The number of nitrogens with one attached hydrogen (secondary N) is 1. The second-order valence-corrected chi connectivity index (χ2v) is 9.55. The zero-order chi connectivity index (χ0) is 21.8. The maximum Gasteiger partial charge on any atom is 0.257 e. The molecule has 0 spiro atoms. The number of carbonyl (C=O) groups is 1. The smallest absolute Gasteiger partial charge is 0.257 e. The highest BCUT2D eigenvalue weighted by Gasteiger charge is 2.27. The van der Waals surface area contributed by atoms with Gasteiger partial charge < -0.3 is 9.47 Å². The van der Waals surface area contributed by atoms with E-state index < -0.39 is 15.9 Å². The van der Waals surface area contributed by atoms with Gasteiger partial charge in [-0.05, 0) is 42.5 Å². The van der Waals surface area contributed by atoms with Gasteiger partial charge in [-0.15, -0.1) is 10.2 Å². The fraction of sp³-hybridized carbons (Fsp3) is 0.250. The zero-order valence-corrected chi connectivity index (χ0v) is 18.3. The van der Waals surface area contributed by atoms with Gasteiger partial charge in [0.15, 0.2) is 0 Å².